The van der Waals surface area contributed by atoms with E-state index in [1.54, 1.807) is 13.2 Å². The first kappa shape index (κ1) is 22.5. The molecule has 2 aliphatic rings. The number of piperidine rings is 2. The highest BCUT2D eigenvalue weighted by Crippen LogP contribution is 2.29. The number of hydrogen-bond acceptors (Lipinski definition) is 5. The zero-order chi connectivity index (χ0) is 21.7. The summed E-state index contributed by atoms with van der Waals surface area (Å²) in [6.07, 6.45) is 3.83. The van der Waals surface area contributed by atoms with Crippen LogP contribution >= 0.6 is 0 Å². The van der Waals surface area contributed by atoms with Gasteiger partial charge in [0.1, 0.15) is 5.82 Å². The van der Waals surface area contributed by atoms with Crippen LogP contribution in [0.2, 0.25) is 0 Å². The maximum atomic E-state index is 12.4. The predicted octanol–water partition coefficient (Wildman–Crippen LogP) is 1.87. The molecule has 3 rings (SSSR count). The number of amides is 2. The Labute approximate surface area is 178 Å². The Kier molecular flexibility index (Phi) is 7.64. The van der Waals surface area contributed by atoms with Crippen LogP contribution < -0.4 is 5.56 Å². The average Bonchev–Trinajstić information content (AvgIpc) is 2.76. The third-order valence-electron chi connectivity index (χ3n) is 6.18. The van der Waals surface area contributed by atoms with Gasteiger partial charge in [0.05, 0.1) is 18.7 Å². The Balaban J connectivity index is 1.67. The standard InChI is InChI=1S/C22H34N4O4/c1-15(2)22(29)26-9-4-5-17(14-26)18-13-19(27)24-21(23-18)16-6-10-25(11-7-16)20(28)8-12-30-3/h13,15-17H,4-12,14H2,1-3H3,(H,23,24,27)/t17-/m1/s1. The molecule has 2 fully saturated rings. The van der Waals surface area contributed by atoms with Crippen LogP contribution in [0.25, 0.3) is 0 Å². The molecule has 0 saturated carbocycles. The molecule has 30 heavy (non-hydrogen) atoms. The van der Waals surface area contributed by atoms with E-state index in [-0.39, 0.29) is 35.1 Å². The summed E-state index contributed by atoms with van der Waals surface area (Å²) in [6, 6.07) is 1.58. The van der Waals surface area contributed by atoms with Gasteiger partial charge in [0.15, 0.2) is 0 Å². The van der Waals surface area contributed by atoms with Crippen LogP contribution in [0.1, 0.15) is 69.3 Å². The number of nitrogens with one attached hydrogen (secondary N) is 1. The van der Waals surface area contributed by atoms with Crippen molar-refractivity contribution in [1.82, 2.24) is 19.8 Å². The predicted molar refractivity (Wildman–Crippen MR) is 113 cm³/mol. The van der Waals surface area contributed by atoms with Gasteiger partial charge < -0.3 is 19.5 Å². The van der Waals surface area contributed by atoms with Crippen molar-refractivity contribution in [2.24, 2.45) is 5.92 Å². The molecule has 2 aliphatic heterocycles. The number of nitrogens with zero attached hydrogens (tertiary/aromatic N) is 3. The summed E-state index contributed by atoms with van der Waals surface area (Å²) in [5.41, 5.74) is 0.648. The minimum atomic E-state index is -0.138. The third-order valence-corrected chi connectivity index (χ3v) is 6.18. The number of aromatic amines is 1. The maximum Gasteiger partial charge on any atom is 0.251 e. The number of carbonyl (C=O) groups is 2. The highest BCUT2D eigenvalue weighted by molar-refractivity contribution is 5.78. The zero-order valence-corrected chi connectivity index (χ0v) is 18.4. The molecule has 1 N–H and O–H groups in total. The van der Waals surface area contributed by atoms with E-state index >= 15 is 0 Å². The molecule has 0 spiro atoms. The molecule has 0 aromatic carbocycles. The SMILES string of the molecule is COCCC(=O)N1CCC(c2nc([C@@H]3CCCN(C(=O)C(C)C)C3)cc(=O)[nH]2)CC1. The molecule has 1 aromatic rings. The van der Waals surface area contributed by atoms with Gasteiger partial charge in [-0.25, -0.2) is 4.98 Å². The van der Waals surface area contributed by atoms with Crippen molar-refractivity contribution in [2.45, 2.75) is 57.8 Å². The van der Waals surface area contributed by atoms with Gasteiger partial charge in [-0.1, -0.05) is 13.8 Å². The lowest BCUT2D eigenvalue weighted by atomic mass is 9.92. The summed E-state index contributed by atoms with van der Waals surface area (Å²) in [7, 11) is 1.60. The normalized spacial score (nSPS) is 20.6. The van der Waals surface area contributed by atoms with Crippen LogP contribution in [0.3, 0.4) is 0 Å². The summed E-state index contributed by atoms with van der Waals surface area (Å²) in [5, 5.41) is 0. The quantitative estimate of drug-likeness (QED) is 0.761. The van der Waals surface area contributed by atoms with Crippen LogP contribution in [0.15, 0.2) is 10.9 Å². The first-order valence-electron chi connectivity index (χ1n) is 11.1. The second-order valence-electron chi connectivity index (χ2n) is 8.73. The molecule has 1 aromatic heterocycles. The minimum Gasteiger partial charge on any atom is -0.384 e. The van der Waals surface area contributed by atoms with Gasteiger partial charge in [0, 0.05) is 57.1 Å². The Morgan fingerprint density at radius 1 is 1.17 bits per heavy atom. The van der Waals surface area contributed by atoms with E-state index < -0.39 is 0 Å². The van der Waals surface area contributed by atoms with Crippen molar-refractivity contribution in [3.05, 3.63) is 27.9 Å². The largest absolute Gasteiger partial charge is 0.384 e. The topological polar surface area (TPSA) is 95.6 Å². The second-order valence-corrected chi connectivity index (χ2v) is 8.73. The molecule has 2 amide bonds. The van der Waals surface area contributed by atoms with E-state index in [0.717, 1.165) is 37.9 Å². The number of hydrogen-bond donors (Lipinski definition) is 1. The van der Waals surface area contributed by atoms with Crippen molar-refractivity contribution in [3.8, 4) is 0 Å². The molecule has 166 valence electrons. The Bertz CT molecular complexity index is 799. The fourth-order valence-corrected chi connectivity index (χ4v) is 4.43. The van der Waals surface area contributed by atoms with Crippen LogP contribution in [0.5, 0.6) is 0 Å². The lowest BCUT2D eigenvalue weighted by Crippen LogP contribution is -2.41. The van der Waals surface area contributed by atoms with E-state index in [2.05, 4.69) is 4.98 Å². The molecule has 2 saturated heterocycles. The Morgan fingerprint density at radius 3 is 2.57 bits per heavy atom. The van der Waals surface area contributed by atoms with Crippen LogP contribution in [-0.4, -0.2) is 71.5 Å². The smallest absolute Gasteiger partial charge is 0.251 e. The van der Waals surface area contributed by atoms with Gasteiger partial charge in [0.2, 0.25) is 11.8 Å². The zero-order valence-electron chi connectivity index (χ0n) is 18.4. The highest BCUT2D eigenvalue weighted by atomic mass is 16.5. The summed E-state index contributed by atoms with van der Waals surface area (Å²) in [5.74, 6) is 1.20. The molecule has 8 heteroatoms. The van der Waals surface area contributed by atoms with Crippen molar-refractivity contribution >= 4 is 11.8 Å². The van der Waals surface area contributed by atoms with Gasteiger partial charge in [-0.2, -0.15) is 0 Å². The van der Waals surface area contributed by atoms with Crippen LogP contribution in [-0.2, 0) is 14.3 Å². The van der Waals surface area contributed by atoms with Crippen molar-refractivity contribution in [3.63, 3.8) is 0 Å². The van der Waals surface area contributed by atoms with E-state index in [4.69, 9.17) is 9.72 Å². The average molecular weight is 419 g/mol. The summed E-state index contributed by atoms with van der Waals surface area (Å²) >= 11 is 0. The van der Waals surface area contributed by atoms with Gasteiger partial charge >= 0.3 is 0 Å². The van der Waals surface area contributed by atoms with Crippen LogP contribution in [0, 0.1) is 5.92 Å². The molecule has 1 atom stereocenters. The van der Waals surface area contributed by atoms with Crippen LogP contribution in [0.4, 0.5) is 0 Å². The number of ether oxygens (including phenoxy) is 1. The molecular weight excluding hydrogens is 384 g/mol. The monoisotopic (exact) mass is 418 g/mol. The number of rotatable bonds is 6. The minimum absolute atomic E-state index is 0.0248. The first-order chi connectivity index (χ1) is 14.4. The molecule has 0 bridgehead atoms. The number of methoxy groups -OCH3 is 1. The van der Waals surface area contributed by atoms with Gasteiger partial charge in [0.25, 0.3) is 5.56 Å². The number of H-pyrrole nitrogens is 1. The first-order valence-corrected chi connectivity index (χ1v) is 11.1. The number of carbonyl (C=O) groups excluding carboxylic acids is 2. The van der Waals surface area contributed by atoms with E-state index in [9.17, 15) is 14.4 Å². The third kappa shape index (κ3) is 5.47. The Hall–Kier alpha value is -2.22. The maximum absolute atomic E-state index is 12.4. The van der Waals surface area contributed by atoms with E-state index in [1.165, 1.54) is 0 Å². The molecule has 0 unspecified atom stereocenters. The fourth-order valence-electron chi connectivity index (χ4n) is 4.43. The van der Waals surface area contributed by atoms with Crippen molar-refractivity contribution in [1.29, 1.82) is 0 Å². The van der Waals surface area contributed by atoms with Crippen molar-refractivity contribution < 1.29 is 14.3 Å². The molecular formula is C22H34N4O4. The second kappa shape index (κ2) is 10.2. The van der Waals surface area contributed by atoms with Gasteiger partial charge in [-0.15, -0.1) is 0 Å². The molecule has 3 heterocycles. The van der Waals surface area contributed by atoms with E-state index in [1.807, 2.05) is 23.6 Å². The lowest BCUT2D eigenvalue weighted by Gasteiger charge is -2.34. The molecule has 0 radical (unpaired) electrons. The summed E-state index contributed by atoms with van der Waals surface area (Å²) < 4.78 is 4.99. The summed E-state index contributed by atoms with van der Waals surface area (Å²) in [6.45, 7) is 7.01. The number of likely N-dealkylation sites (tertiary alicyclic amines) is 2. The fraction of sp³-hybridized carbons (Fsp3) is 0.727. The Morgan fingerprint density at radius 2 is 1.90 bits per heavy atom. The van der Waals surface area contributed by atoms with E-state index in [0.29, 0.717) is 38.5 Å². The van der Waals surface area contributed by atoms with Gasteiger partial charge in [-0.05, 0) is 25.7 Å². The lowest BCUT2D eigenvalue weighted by molar-refractivity contribution is -0.135. The summed E-state index contributed by atoms with van der Waals surface area (Å²) in [4.78, 5) is 48.5. The molecule has 8 nitrogen and oxygen atoms in total. The number of aromatic nitrogens is 2. The highest BCUT2D eigenvalue weighted by Gasteiger charge is 2.29. The van der Waals surface area contributed by atoms with Crippen molar-refractivity contribution in [2.75, 3.05) is 39.9 Å². The molecule has 0 aliphatic carbocycles. The van der Waals surface area contributed by atoms with Gasteiger partial charge in [-0.3, -0.25) is 14.4 Å².